The number of rotatable bonds is 5. The first-order chi connectivity index (χ1) is 11.4. The summed E-state index contributed by atoms with van der Waals surface area (Å²) in [6, 6.07) is 5.26. The second-order valence-electron chi connectivity index (χ2n) is 6.89. The summed E-state index contributed by atoms with van der Waals surface area (Å²) in [6.45, 7) is 6.53. The first-order valence-corrected chi connectivity index (χ1v) is 9.82. The number of likely N-dealkylation sites (tertiary alicyclic amines) is 1. The van der Waals surface area contributed by atoms with Crippen molar-refractivity contribution in [3.8, 4) is 0 Å². The van der Waals surface area contributed by atoms with Gasteiger partial charge in [0.25, 0.3) is 0 Å². The van der Waals surface area contributed by atoms with Crippen molar-refractivity contribution in [3.05, 3.63) is 30.1 Å². The second-order valence-corrected chi connectivity index (χ2v) is 8.83. The molecule has 3 rings (SSSR count). The maximum absolute atomic E-state index is 13.4. The molecule has 134 valence electrons. The third-order valence-electron chi connectivity index (χ3n) is 5.48. The van der Waals surface area contributed by atoms with E-state index in [9.17, 15) is 12.8 Å². The zero-order valence-corrected chi connectivity index (χ0v) is 15.1. The topological polar surface area (TPSA) is 49.9 Å². The Bertz CT molecular complexity index is 697. The van der Waals surface area contributed by atoms with Crippen LogP contribution in [0.4, 0.5) is 4.39 Å². The van der Waals surface area contributed by atoms with Crippen LogP contribution in [0.15, 0.2) is 29.2 Å². The molecular weight excluding hydrogens is 331 g/mol. The summed E-state index contributed by atoms with van der Waals surface area (Å²) in [7, 11) is -1.96. The molecular formula is C17H25FN2O3S. The van der Waals surface area contributed by atoms with Crippen LogP contribution in [0.1, 0.15) is 13.3 Å². The minimum Gasteiger partial charge on any atom is -0.384 e. The maximum Gasteiger partial charge on any atom is 0.243 e. The highest BCUT2D eigenvalue weighted by Gasteiger charge is 2.52. The van der Waals surface area contributed by atoms with Gasteiger partial charge in [-0.25, -0.2) is 12.8 Å². The number of methoxy groups -OCH3 is 1. The highest BCUT2D eigenvalue weighted by molar-refractivity contribution is 7.89. The smallest absolute Gasteiger partial charge is 0.243 e. The van der Waals surface area contributed by atoms with Crippen molar-refractivity contribution in [3.63, 3.8) is 0 Å². The monoisotopic (exact) mass is 356 g/mol. The first kappa shape index (κ1) is 17.8. The molecule has 1 aromatic rings. The Hall–Kier alpha value is -1.02. The Kier molecular flexibility index (Phi) is 4.97. The van der Waals surface area contributed by atoms with Crippen LogP contribution in [0.5, 0.6) is 0 Å². The molecule has 2 heterocycles. The Labute approximate surface area is 143 Å². The Morgan fingerprint density at radius 2 is 2.17 bits per heavy atom. The summed E-state index contributed by atoms with van der Waals surface area (Å²) in [5, 5.41) is 0. The number of nitrogens with zero attached hydrogens (tertiary/aromatic N) is 2. The van der Waals surface area contributed by atoms with Gasteiger partial charge in [-0.1, -0.05) is 13.0 Å². The minimum atomic E-state index is -3.65. The van der Waals surface area contributed by atoms with Crippen molar-refractivity contribution < 1.29 is 17.5 Å². The van der Waals surface area contributed by atoms with E-state index in [0.717, 1.165) is 32.1 Å². The molecule has 24 heavy (non-hydrogen) atoms. The van der Waals surface area contributed by atoms with E-state index >= 15 is 0 Å². The third-order valence-corrected chi connectivity index (χ3v) is 7.32. The van der Waals surface area contributed by atoms with Gasteiger partial charge in [0.05, 0.1) is 11.5 Å². The molecule has 0 amide bonds. The van der Waals surface area contributed by atoms with Gasteiger partial charge in [0, 0.05) is 44.6 Å². The fourth-order valence-electron chi connectivity index (χ4n) is 4.12. The quantitative estimate of drug-likeness (QED) is 0.807. The van der Waals surface area contributed by atoms with Crippen molar-refractivity contribution in [2.24, 2.45) is 11.3 Å². The van der Waals surface area contributed by atoms with E-state index < -0.39 is 15.8 Å². The number of benzene rings is 1. The molecule has 0 unspecified atom stereocenters. The molecule has 0 bridgehead atoms. The van der Waals surface area contributed by atoms with Crippen LogP contribution in [0.2, 0.25) is 0 Å². The van der Waals surface area contributed by atoms with E-state index in [1.807, 2.05) is 0 Å². The van der Waals surface area contributed by atoms with E-state index in [0.29, 0.717) is 25.6 Å². The number of hydrogen-bond acceptors (Lipinski definition) is 4. The lowest BCUT2D eigenvalue weighted by molar-refractivity contribution is 0.101. The lowest BCUT2D eigenvalue weighted by atomic mass is 9.78. The highest BCUT2D eigenvalue weighted by Crippen LogP contribution is 2.45. The molecule has 5 nitrogen and oxygen atoms in total. The lowest BCUT2D eigenvalue weighted by Crippen LogP contribution is -2.38. The minimum absolute atomic E-state index is 0.0354. The second kappa shape index (κ2) is 6.71. The van der Waals surface area contributed by atoms with Gasteiger partial charge >= 0.3 is 0 Å². The number of halogens is 1. The number of hydrogen-bond donors (Lipinski definition) is 0. The molecule has 2 saturated heterocycles. The predicted octanol–water partition coefficient (Wildman–Crippen LogP) is 1.80. The third kappa shape index (κ3) is 3.10. The first-order valence-electron chi connectivity index (χ1n) is 8.38. The average molecular weight is 356 g/mol. The fourth-order valence-corrected chi connectivity index (χ4v) is 5.69. The van der Waals surface area contributed by atoms with Gasteiger partial charge in [-0.05, 0) is 31.2 Å². The van der Waals surface area contributed by atoms with Gasteiger partial charge < -0.3 is 9.64 Å². The van der Waals surface area contributed by atoms with E-state index in [1.54, 1.807) is 7.11 Å². The van der Waals surface area contributed by atoms with Crippen LogP contribution < -0.4 is 0 Å². The molecule has 2 atom stereocenters. The van der Waals surface area contributed by atoms with Crippen molar-refractivity contribution in [2.45, 2.75) is 18.2 Å². The molecule has 2 fully saturated rings. The molecule has 1 aromatic carbocycles. The SMILES string of the molecule is CCN1C[C@@H](COC)[C@]2(CCN(S(=O)(=O)c3cccc(F)c3)C2)C1. The summed E-state index contributed by atoms with van der Waals surface area (Å²) in [4.78, 5) is 2.40. The summed E-state index contributed by atoms with van der Waals surface area (Å²) in [6.07, 6.45) is 0.825. The molecule has 0 aromatic heterocycles. The van der Waals surface area contributed by atoms with Gasteiger partial charge in [0.2, 0.25) is 10.0 Å². The molecule has 7 heteroatoms. The highest BCUT2D eigenvalue weighted by atomic mass is 32.2. The zero-order chi connectivity index (χ0) is 17.4. The van der Waals surface area contributed by atoms with Crippen molar-refractivity contribution in [1.82, 2.24) is 9.21 Å². The normalized spacial score (nSPS) is 28.9. The maximum atomic E-state index is 13.4. The number of ether oxygens (including phenoxy) is 1. The molecule has 0 radical (unpaired) electrons. The molecule has 1 spiro atoms. The van der Waals surface area contributed by atoms with Crippen molar-refractivity contribution in [1.29, 1.82) is 0 Å². The standard InChI is InChI=1S/C17H25FN2O3S/c1-3-19-10-14(11-23-2)17(12-19)7-8-20(13-17)24(21,22)16-6-4-5-15(18)9-16/h4-6,9,14H,3,7-8,10-13H2,1-2H3/t14-,17+/m0/s1. The van der Waals surface area contributed by atoms with Crippen LogP contribution in [0.25, 0.3) is 0 Å². The zero-order valence-electron chi connectivity index (χ0n) is 14.2. The van der Waals surface area contributed by atoms with Crippen LogP contribution in [-0.2, 0) is 14.8 Å². The summed E-state index contributed by atoms with van der Waals surface area (Å²) in [5.41, 5.74) is -0.0631. The van der Waals surface area contributed by atoms with Crippen molar-refractivity contribution in [2.75, 3.05) is 46.4 Å². The Morgan fingerprint density at radius 1 is 1.38 bits per heavy atom. The van der Waals surface area contributed by atoms with E-state index in [2.05, 4.69) is 11.8 Å². The molecule has 0 N–H and O–H groups in total. The Morgan fingerprint density at radius 3 is 2.83 bits per heavy atom. The van der Waals surface area contributed by atoms with Crippen LogP contribution in [0, 0.1) is 17.2 Å². The molecule has 0 saturated carbocycles. The van der Waals surface area contributed by atoms with Gasteiger partial charge in [-0.2, -0.15) is 4.31 Å². The lowest BCUT2D eigenvalue weighted by Gasteiger charge is -2.30. The largest absolute Gasteiger partial charge is 0.384 e. The van der Waals surface area contributed by atoms with Crippen molar-refractivity contribution >= 4 is 10.0 Å². The Balaban J connectivity index is 1.83. The van der Waals surface area contributed by atoms with E-state index in [1.165, 1.54) is 22.5 Å². The van der Waals surface area contributed by atoms with Gasteiger partial charge in [-0.15, -0.1) is 0 Å². The van der Waals surface area contributed by atoms with E-state index in [4.69, 9.17) is 4.74 Å². The van der Waals surface area contributed by atoms with E-state index in [-0.39, 0.29) is 10.3 Å². The number of sulfonamides is 1. The fraction of sp³-hybridized carbons (Fsp3) is 0.647. The molecule has 2 aliphatic rings. The molecule has 2 aliphatic heterocycles. The predicted molar refractivity (Wildman–Crippen MR) is 89.7 cm³/mol. The van der Waals surface area contributed by atoms with Gasteiger partial charge in [0.15, 0.2) is 0 Å². The summed E-state index contributed by atoms with van der Waals surface area (Å²) < 4.78 is 46.0. The van der Waals surface area contributed by atoms with Gasteiger partial charge in [-0.3, -0.25) is 0 Å². The van der Waals surface area contributed by atoms with Crippen LogP contribution >= 0.6 is 0 Å². The molecule has 0 aliphatic carbocycles. The average Bonchev–Trinajstić information content (AvgIpc) is 3.14. The van der Waals surface area contributed by atoms with Gasteiger partial charge in [0.1, 0.15) is 5.82 Å². The summed E-state index contributed by atoms with van der Waals surface area (Å²) in [5.74, 6) is -0.199. The van der Waals surface area contributed by atoms with Crippen LogP contribution in [0.3, 0.4) is 0 Å². The van der Waals surface area contributed by atoms with Crippen LogP contribution in [-0.4, -0.2) is 64.1 Å². The summed E-state index contributed by atoms with van der Waals surface area (Å²) >= 11 is 0.